The van der Waals surface area contributed by atoms with Crippen LogP contribution in [0.15, 0.2) is 70.5 Å². The fourth-order valence-electron chi connectivity index (χ4n) is 3.85. The van der Waals surface area contributed by atoms with Crippen molar-refractivity contribution in [3.63, 3.8) is 0 Å². The summed E-state index contributed by atoms with van der Waals surface area (Å²) in [6.07, 6.45) is 3.81. The number of benzene rings is 2. The number of carboxylic acids is 2. The molecule has 0 spiro atoms. The predicted molar refractivity (Wildman–Crippen MR) is 133 cm³/mol. The van der Waals surface area contributed by atoms with Crippen molar-refractivity contribution in [2.75, 3.05) is 20.2 Å². The van der Waals surface area contributed by atoms with Gasteiger partial charge in [0, 0.05) is 23.5 Å². The Morgan fingerprint density at radius 2 is 1.56 bits per heavy atom. The van der Waals surface area contributed by atoms with Crippen LogP contribution in [0.2, 0.25) is 0 Å². The summed E-state index contributed by atoms with van der Waals surface area (Å²) in [4.78, 5) is 24.6. The lowest BCUT2D eigenvalue weighted by atomic mass is 10.1. The molecule has 2 heterocycles. The van der Waals surface area contributed by atoms with Crippen molar-refractivity contribution in [1.29, 1.82) is 0 Å². The first-order valence-corrected chi connectivity index (χ1v) is 12.6. The van der Waals surface area contributed by atoms with Crippen molar-refractivity contribution in [2.24, 2.45) is 0 Å². The van der Waals surface area contributed by atoms with Crippen LogP contribution in [0, 0.1) is 0 Å². The molecule has 0 bridgehead atoms. The first kappa shape index (κ1) is 28.6. The molecule has 3 aromatic rings. The van der Waals surface area contributed by atoms with Gasteiger partial charge in [0.15, 0.2) is 0 Å². The molecule has 0 saturated carbocycles. The summed E-state index contributed by atoms with van der Waals surface area (Å²) in [6, 6.07) is 17.6. The number of carbonyl (C=O) groups is 2. The quantitative estimate of drug-likeness (QED) is 0.418. The summed E-state index contributed by atoms with van der Waals surface area (Å²) >= 11 is 0. The Kier molecular flexibility index (Phi) is 10.2. The molecule has 1 aromatic heterocycles. The average Bonchev–Trinajstić information content (AvgIpc) is 3.33. The lowest BCUT2D eigenvalue weighted by molar-refractivity contribution is -0.159. The van der Waals surface area contributed by atoms with Crippen LogP contribution in [-0.4, -0.2) is 66.1 Å². The lowest BCUT2D eigenvalue weighted by Gasteiger charge is -2.25. The van der Waals surface area contributed by atoms with Gasteiger partial charge in [-0.2, -0.15) is 0 Å². The Labute approximate surface area is 209 Å². The van der Waals surface area contributed by atoms with Gasteiger partial charge in [-0.3, -0.25) is 4.90 Å². The Balaban J connectivity index is 0.000000584. The molecule has 194 valence electrons. The van der Waals surface area contributed by atoms with Crippen molar-refractivity contribution in [3.05, 3.63) is 66.4 Å². The van der Waals surface area contributed by atoms with Gasteiger partial charge in [0.1, 0.15) is 5.75 Å². The third-order valence-electron chi connectivity index (χ3n) is 5.60. The van der Waals surface area contributed by atoms with Crippen molar-refractivity contribution in [2.45, 2.75) is 35.6 Å². The number of nitrogens with one attached hydrogen (secondary N) is 1. The largest absolute Gasteiger partial charge is 0.496 e. The van der Waals surface area contributed by atoms with E-state index in [0.29, 0.717) is 5.75 Å². The second-order valence-corrected chi connectivity index (χ2v) is 9.97. The summed E-state index contributed by atoms with van der Waals surface area (Å²) in [7, 11) is -1.99. The van der Waals surface area contributed by atoms with Gasteiger partial charge < -0.3 is 25.4 Å². The second kappa shape index (κ2) is 12.9. The molecule has 0 aliphatic carbocycles. The van der Waals surface area contributed by atoms with Gasteiger partial charge in [0.25, 0.3) is 0 Å². The van der Waals surface area contributed by atoms with E-state index < -0.39 is 21.8 Å². The molecule has 0 radical (unpaired) electrons. The van der Waals surface area contributed by atoms with Crippen LogP contribution in [0.4, 0.5) is 0 Å². The number of hydrogen-bond donors (Lipinski definition) is 3. The van der Waals surface area contributed by atoms with Crippen LogP contribution < -0.4 is 4.74 Å². The molecule has 1 saturated heterocycles. The molecule has 36 heavy (non-hydrogen) atoms. The number of piperidine rings is 1. The smallest absolute Gasteiger partial charge is 0.414 e. The summed E-state index contributed by atoms with van der Waals surface area (Å²) in [6.45, 7) is 3.13. The highest BCUT2D eigenvalue weighted by atomic mass is 32.2. The standard InChI is InChI=1S/C23H26N2O3S.C2H2O4.H2O/c1-28-23-13-11-20(29(26,27)19-8-4-2-5-9-19)16-21(23)22-12-10-18(24-22)17-25-14-6-3-7-15-25;3-1(4)2(5)6;/h2,4-5,8-13,16,24H,3,6-7,14-15,17H2,1H3;(H,3,4)(H,5,6);1H2. The monoisotopic (exact) mass is 518 g/mol. The zero-order chi connectivity index (χ0) is 25.4. The zero-order valence-electron chi connectivity index (χ0n) is 19.8. The molecule has 1 aliphatic heterocycles. The fraction of sp³-hybridized carbons (Fsp3) is 0.280. The fourth-order valence-corrected chi connectivity index (χ4v) is 5.16. The number of sulfone groups is 1. The molecule has 10 nitrogen and oxygen atoms in total. The molecule has 0 amide bonds. The highest BCUT2D eigenvalue weighted by Crippen LogP contribution is 2.33. The number of rotatable bonds is 6. The topological polar surface area (TPSA) is 168 Å². The highest BCUT2D eigenvalue weighted by molar-refractivity contribution is 7.91. The van der Waals surface area contributed by atoms with E-state index in [4.69, 9.17) is 24.5 Å². The highest BCUT2D eigenvalue weighted by Gasteiger charge is 2.20. The van der Waals surface area contributed by atoms with E-state index in [1.165, 1.54) is 19.3 Å². The molecule has 11 heteroatoms. The third kappa shape index (κ3) is 7.17. The summed E-state index contributed by atoms with van der Waals surface area (Å²) in [5.74, 6) is -3.01. The van der Waals surface area contributed by atoms with Gasteiger partial charge in [-0.1, -0.05) is 24.6 Å². The SMILES string of the molecule is COc1ccc(S(=O)(=O)c2ccccc2)cc1-c1ccc(CN2CCCCC2)[nH]1.O.O=C(O)C(=O)O. The third-order valence-corrected chi connectivity index (χ3v) is 7.36. The molecule has 0 unspecified atom stereocenters. The Morgan fingerprint density at radius 3 is 2.14 bits per heavy atom. The van der Waals surface area contributed by atoms with Gasteiger partial charge in [-0.15, -0.1) is 0 Å². The summed E-state index contributed by atoms with van der Waals surface area (Å²) in [5, 5.41) is 14.8. The van der Waals surface area contributed by atoms with Gasteiger partial charge in [-0.25, -0.2) is 18.0 Å². The number of aromatic nitrogens is 1. The summed E-state index contributed by atoms with van der Waals surface area (Å²) in [5.41, 5.74) is 2.73. The van der Waals surface area contributed by atoms with E-state index in [2.05, 4.69) is 16.0 Å². The van der Waals surface area contributed by atoms with E-state index in [-0.39, 0.29) is 15.3 Å². The van der Waals surface area contributed by atoms with Crippen molar-refractivity contribution >= 4 is 21.8 Å². The van der Waals surface area contributed by atoms with Crippen LogP contribution in [0.1, 0.15) is 25.0 Å². The van der Waals surface area contributed by atoms with E-state index in [1.54, 1.807) is 55.6 Å². The number of carboxylic acid groups (broad SMARTS) is 2. The van der Waals surface area contributed by atoms with E-state index in [0.717, 1.165) is 36.6 Å². The van der Waals surface area contributed by atoms with E-state index >= 15 is 0 Å². The summed E-state index contributed by atoms with van der Waals surface area (Å²) < 4.78 is 31.6. The van der Waals surface area contributed by atoms with E-state index in [9.17, 15) is 8.42 Å². The van der Waals surface area contributed by atoms with Gasteiger partial charge in [-0.05, 0) is 68.4 Å². The zero-order valence-corrected chi connectivity index (χ0v) is 20.6. The first-order chi connectivity index (χ1) is 16.7. The van der Waals surface area contributed by atoms with Crippen molar-refractivity contribution < 1.29 is 38.4 Å². The Morgan fingerprint density at radius 1 is 0.917 bits per heavy atom. The van der Waals surface area contributed by atoms with Gasteiger partial charge >= 0.3 is 11.9 Å². The van der Waals surface area contributed by atoms with Crippen LogP contribution in [0.3, 0.4) is 0 Å². The number of likely N-dealkylation sites (tertiary alicyclic amines) is 1. The number of ether oxygens (including phenoxy) is 1. The number of methoxy groups -OCH3 is 1. The Hall–Kier alpha value is -3.67. The van der Waals surface area contributed by atoms with Gasteiger partial charge in [0.05, 0.1) is 16.9 Å². The average molecular weight is 519 g/mol. The maximum absolute atomic E-state index is 13.0. The molecule has 1 aliphatic rings. The minimum absolute atomic E-state index is 0. The van der Waals surface area contributed by atoms with Gasteiger partial charge in [0.2, 0.25) is 9.84 Å². The molecule has 1 fully saturated rings. The van der Waals surface area contributed by atoms with Crippen LogP contribution in [0.5, 0.6) is 5.75 Å². The minimum Gasteiger partial charge on any atom is -0.496 e. The molecule has 5 N–H and O–H groups in total. The number of nitrogens with zero attached hydrogens (tertiary/aromatic N) is 1. The molecule has 0 atom stereocenters. The second-order valence-electron chi connectivity index (χ2n) is 8.02. The molecular weight excluding hydrogens is 488 g/mol. The van der Waals surface area contributed by atoms with Crippen molar-refractivity contribution in [1.82, 2.24) is 9.88 Å². The minimum atomic E-state index is -3.59. The normalized spacial score (nSPS) is 13.6. The van der Waals surface area contributed by atoms with E-state index in [1.807, 2.05) is 6.07 Å². The lowest BCUT2D eigenvalue weighted by Crippen LogP contribution is -2.29. The number of aromatic amines is 1. The molecular formula is C25H30N2O8S. The predicted octanol–water partition coefficient (Wildman–Crippen LogP) is 2.84. The maximum atomic E-state index is 13.0. The number of hydrogen-bond acceptors (Lipinski definition) is 6. The maximum Gasteiger partial charge on any atom is 0.414 e. The van der Waals surface area contributed by atoms with Crippen molar-refractivity contribution in [3.8, 4) is 17.0 Å². The van der Waals surface area contributed by atoms with Crippen LogP contribution >= 0.6 is 0 Å². The molecule has 2 aromatic carbocycles. The number of aliphatic carboxylic acids is 2. The van der Waals surface area contributed by atoms with Crippen LogP contribution in [0.25, 0.3) is 11.3 Å². The first-order valence-electron chi connectivity index (χ1n) is 11.1. The number of H-pyrrole nitrogens is 1. The molecule has 4 rings (SSSR count). The van der Waals surface area contributed by atoms with Crippen LogP contribution in [-0.2, 0) is 26.0 Å². The Bertz CT molecular complexity index is 1250.